The van der Waals surface area contributed by atoms with Gasteiger partial charge in [0, 0.05) is 23.8 Å². The van der Waals surface area contributed by atoms with Crippen molar-refractivity contribution in [3.63, 3.8) is 0 Å². The molecule has 0 radical (unpaired) electrons. The minimum atomic E-state index is -3.91. The summed E-state index contributed by atoms with van der Waals surface area (Å²) in [4.78, 5) is 12.5. The molecule has 0 aromatic heterocycles. The molecule has 0 aliphatic carbocycles. The molecule has 0 spiro atoms. The number of carbonyl (C=O) groups excluding carboxylic acids is 1. The molecule has 1 heterocycles. The summed E-state index contributed by atoms with van der Waals surface area (Å²) in [6, 6.07) is 9.64. The van der Waals surface area contributed by atoms with Gasteiger partial charge in [-0.1, -0.05) is 6.07 Å². The van der Waals surface area contributed by atoms with E-state index in [0.717, 1.165) is 19.4 Å². The molecule has 1 aliphatic rings. The second kappa shape index (κ2) is 9.36. The van der Waals surface area contributed by atoms with E-state index in [1.165, 1.54) is 30.3 Å². The molecule has 9 heteroatoms. The van der Waals surface area contributed by atoms with Crippen molar-refractivity contribution < 1.29 is 17.6 Å². The van der Waals surface area contributed by atoms with Crippen LogP contribution in [0.5, 0.6) is 0 Å². The van der Waals surface area contributed by atoms with Gasteiger partial charge in [0.25, 0.3) is 15.9 Å². The fourth-order valence-corrected chi connectivity index (χ4v) is 4.33. The molecule has 0 saturated carbocycles. The topological polar surface area (TPSA) is 87.3 Å². The normalized spacial score (nSPS) is 16.7. The fraction of sp³-hybridized carbons (Fsp3) is 0.316. The minimum Gasteiger partial charge on any atom is -0.348 e. The Morgan fingerprint density at radius 1 is 1.18 bits per heavy atom. The van der Waals surface area contributed by atoms with E-state index >= 15 is 0 Å². The third kappa shape index (κ3) is 5.43. The predicted octanol–water partition coefficient (Wildman–Crippen LogP) is 2.84. The number of carbonyl (C=O) groups is 1. The smallest absolute Gasteiger partial charge is 0.262 e. The van der Waals surface area contributed by atoms with E-state index < -0.39 is 15.8 Å². The average molecular weight is 428 g/mol. The van der Waals surface area contributed by atoms with Crippen LogP contribution in [0.15, 0.2) is 47.4 Å². The van der Waals surface area contributed by atoms with E-state index in [4.69, 9.17) is 0 Å². The number of sulfonamides is 1. The predicted molar refractivity (Wildman–Crippen MR) is 109 cm³/mol. The van der Waals surface area contributed by atoms with E-state index in [1.54, 1.807) is 19.1 Å². The van der Waals surface area contributed by atoms with Crippen molar-refractivity contribution in [2.45, 2.75) is 30.7 Å². The fourth-order valence-electron chi connectivity index (χ4n) is 3.00. The molecule has 1 aliphatic heterocycles. The molecule has 1 unspecified atom stereocenters. The number of amides is 1. The first-order valence-corrected chi connectivity index (χ1v) is 10.2. The van der Waals surface area contributed by atoms with Crippen molar-refractivity contribution in [2.75, 3.05) is 17.8 Å². The number of aryl methyl sites for hydroxylation is 1. The van der Waals surface area contributed by atoms with Crippen molar-refractivity contribution in [1.82, 2.24) is 10.6 Å². The van der Waals surface area contributed by atoms with Crippen LogP contribution >= 0.6 is 12.4 Å². The van der Waals surface area contributed by atoms with Crippen molar-refractivity contribution in [3.05, 3.63) is 59.4 Å². The van der Waals surface area contributed by atoms with Crippen LogP contribution in [0.4, 0.5) is 10.1 Å². The SMILES string of the molecule is Cc1ccc(C(=O)NC2CCCNC2)cc1S(=O)(=O)Nc1ccc(F)cc1.Cl. The van der Waals surface area contributed by atoms with E-state index in [0.29, 0.717) is 12.1 Å². The van der Waals surface area contributed by atoms with Crippen LogP contribution in [0.2, 0.25) is 0 Å². The molecule has 28 heavy (non-hydrogen) atoms. The molecule has 3 rings (SSSR count). The van der Waals surface area contributed by atoms with Gasteiger partial charge in [-0.3, -0.25) is 9.52 Å². The lowest BCUT2D eigenvalue weighted by molar-refractivity contribution is 0.0930. The molecule has 0 bridgehead atoms. The van der Waals surface area contributed by atoms with Crippen molar-refractivity contribution in [2.24, 2.45) is 0 Å². The van der Waals surface area contributed by atoms with Crippen LogP contribution < -0.4 is 15.4 Å². The number of hydrogen-bond acceptors (Lipinski definition) is 4. The Morgan fingerprint density at radius 2 is 1.89 bits per heavy atom. The second-order valence-corrected chi connectivity index (χ2v) is 8.26. The highest BCUT2D eigenvalue weighted by atomic mass is 35.5. The van der Waals surface area contributed by atoms with Gasteiger partial charge >= 0.3 is 0 Å². The van der Waals surface area contributed by atoms with E-state index in [2.05, 4.69) is 15.4 Å². The summed E-state index contributed by atoms with van der Waals surface area (Å²) in [6.45, 7) is 3.30. The highest BCUT2D eigenvalue weighted by molar-refractivity contribution is 7.92. The maximum Gasteiger partial charge on any atom is 0.262 e. The summed E-state index contributed by atoms with van der Waals surface area (Å²) in [7, 11) is -3.91. The summed E-state index contributed by atoms with van der Waals surface area (Å²) in [5.41, 5.74) is 1.05. The minimum absolute atomic E-state index is 0. The zero-order valence-corrected chi connectivity index (χ0v) is 17.0. The molecule has 2 aromatic rings. The Kier molecular flexibility index (Phi) is 7.40. The summed E-state index contributed by atoms with van der Waals surface area (Å²) in [5.74, 6) is -0.757. The zero-order valence-electron chi connectivity index (χ0n) is 15.4. The largest absolute Gasteiger partial charge is 0.348 e. The van der Waals surface area contributed by atoms with Crippen LogP contribution in [0.1, 0.15) is 28.8 Å². The van der Waals surface area contributed by atoms with Gasteiger partial charge in [-0.15, -0.1) is 12.4 Å². The van der Waals surface area contributed by atoms with Crippen LogP contribution in [-0.2, 0) is 10.0 Å². The average Bonchev–Trinajstić information content (AvgIpc) is 2.64. The molecule has 3 N–H and O–H groups in total. The summed E-state index contributed by atoms with van der Waals surface area (Å²) >= 11 is 0. The van der Waals surface area contributed by atoms with Crippen LogP contribution in [0, 0.1) is 12.7 Å². The summed E-state index contributed by atoms with van der Waals surface area (Å²) in [5, 5.41) is 6.15. The lowest BCUT2D eigenvalue weighted by Crippen LogP contribution is -2.45. The van der Waals surface area contributed by atoms with Crippen molar-refractivity contribution in [1.29, 1.82) is 0 Å². The maximum absolute atomic E-state index is 13.0. The first-order chi connectivity index (χ1) is 12.8. The Labute approximate surface area is 170 Å². The maximum atomic E-state index is 13.0. The van der Waals surface area contributed by atoms with Gasteiger partial charge in [0.05, 0.1) is 4.90 Å². The highest BCUT2D eigenvalue weighted by Gasteiger charge is 2.21. The van der Waals surface area contributed by atoms with Gasteiger partial charge in [-0.05, 0) is 68.3 Å². The molecule has 1 amide bonds. The monoisotopic (exact) mass is 427 g/mol. The standard InChI is InChI=1S/C19H22FN3O3S.ClH/c1-13-4-5-14(19(24)22-17-3-2-10-21-12-17)11-18(13)27(25,26)23-16-8-6-15(20)7-9-16;/h4-9,11,17,21,23H,2-3,10,12H2,1H3,(H,22,24);1H. The van der Waals surface area contributed by atoms with Gasteiger partial charge in [0.1, 0.15) is 5.82 Å². The number of benzene rings is 2. The lowest BCUT2D eigenvalue weighted by Gasteiger charge is -2.24. The van der Waals surface area contributed by atoms with E-state index in [-0.39, 0.29) is 40.5 Å². The highest BCUT2D eigenvalue weighted by Crippen LogP contribution is 2.21. The molecule has 1 saturated heterocycles. The molecule has 1 fully saturated rings. The first kappa shape index (κ1) is 22.1. The molecule has 6 nitrogen and oxygen atoms in total. The Morgan fingerprint density at radius 3 is 2.54 bits per heavy atom. The number of hydrogen-bond donors (Lipinski definition) is 3. The number of anilines is 1. The number of halogens is 2. The quantitative estimate of drug-likeness (QED) is 0.684. The van der Waals surface area contributed by atoms with Gasteiger partial charge in [0.2, 0.25) is 0 Å². The molecule has 152 valence electrons. The molecule has 2 aromatic carbocycles. The van der Waals surface area contributed by atoms with Gasteiger partial charge in [0.15, 0.2) is 0 Å². The third-order valence-corrected chi connectivity index (χ3v) is 5.99. The van der Waals surface area contributed by atoms with Crippen molar-refractivity contribution in [3.8, 4) is 0 Å². The second-order valence-electron chi connectivity index (χ2n) is 6.61. The zero-order chi connectivity index (χ0) is 19.4. The van der Waals surface area contributed by atoms with Crippen molar-refractivity contribution >= 4 is 34.0 Å². The third-order valence-electron chi connectivity index (χ3n) is 4.47. The van der Waals surface area contributed by atoms with Gasteiger partial charge in [-0.2, -0.15) is 0 Å². The number of nitrogens with one attached hydrogen (secondary N) is 3. The van der Waals surface area contributed by atoms with E-state index in [1.807, 2.05) is 0 Å². The Hall–Kier alpha value is -2.16. The van der Waals surface area contributed by atoms with Gasteiger partial charge < -0.3 is 10.6 Å². The molecular weight excluding hydrogens is 405 g/mol. The Bertz CT molecular complexity index is 930. The first-order valence-electron chi connectivity index (χ1n) is 8.76. The number of piperidine rings is 1. The lowest BCUT2D eigenvalue weighted by atomic mass is 10.1. The molecular formula is C19H23ClFN3O3S. The summed E-state index contributed by atoms with van der Waals surface area (Å²) in [6.07, 6.45) is 1.88. The van der Waals surface area contributed by atoms with Crippen LogP contribution in [0.3, 0.4) is 0 Å². The number of rotatable bonds is 5. The van der Waals surface area contributed by atoms with Crippen LogP contribution in [-0.4, -0.2) is 33.5 Å². The van der Waals surface area contributed by atoms with Crippen LogP contribution in [0.25, 0.3) is 0 Å². The Balaban J connectivity index is 0.00000280. The van der Waals surface area contributed by atoms with Gasteiger partial charge in [-0.25, -0.2) is 12.8 Å². The summed E-state index contributed by atoms with van der Waals surface area (Å²) < 4.78 is 40.9. The molecule has 1 atom stereocenters. The van der Waals surface area contributed by atoms with E-state index in [9.17, 15) is 17.6 Å².